The zero-order valence-electron chi connectivity index (χ0n) is 11.7. The molecule has 21 heavy (non-hydrogen) atoms. The van der Waals surface area contributed by atoms with E-state index in [1.54, 1.807) is 13.0 Å². The van der Waals surface area contributed by atoms with Crippen LogP contribution in [-0.2, 0) is 4.79 Å². The smallest absolute Gasteiger partial charge is 0.260 e. The van der Waals surface area contributed by atoms with E-state index >= 15 is 0 Å². The maximum atomic E-state index is 11.9. The predicted molar refractivity (Wildman–Crippen MR) is 86.9 cm³/mol. The summed E-state index contributed by atoms with van der Waals surface area (Å²) in [5.74, 6) is 0.533. The van der Waals surface area contributed by atoms with E-state index in [9.17, 15) is 9.90 Å². The molecule has 1 fully saturated rings. The van der Waals surface area contributed by atoms with E-state index in [1.807, 2.05) is 18.2 Å². The van der Waals surface area contributed by atoms with Gasteiger partial charge < -0.3 is 20.5 Å². The molecule has 1 aromatic rings. The number of hydrogen-bond donors (Lipinski definition) is 3. The number of β-amino-alcohol motifs (C(OH)–C–C–N with tert-alkyl or cyclic N) is 1. The van der Waals surface area contributed by atoms with Crippen LogP contribution in [0.25, 0.3) is 0 Å². The van der Waals surface area contributed by atoms with Crippen LogP contribution in [0.5, 0.6) is 5.75 Å². The Morgan fingerprint density at radius 3 is 2.95 bits per heavy atom. The third-order valence-electron chi connectivity index (χ3n) is 3.32. The largest absolute Gasteiger partial charge is 0.481 e. The summed E-state index contributed by atoms with van der Waals surface area (Å²) >= 11 is 3.36. The minimum atomic E-state index is -0.573. The summed E-state index contributed by atoms with van der Waals surface area (Å²) in [5, 5.41) is 15.6. The van der Waals surface area contributed by atoms with Crippen LogP contribution in [-0.4, -0.2) is 42.9 Å². The van der Waals surface area contributed by atoms with Crippen molar-refractivity contribution in [1.82, 2.24) is 10.6 Å². The summed E-state index contributed by atoms with van der Waals surface area (Å²) in [7, 11) is 0. The molecular formula is C14H20BrClN2O3. The van der Waals surface area contributed by atoms with Crippen LogP contribution >= 0.6 is 28.3 Å². The highest BCUT2D eigenvalue weighted by Crippen LogP contribution is 2.18. The van der Waals surface area contributed by atoms with Crippen molar-refractivity contribution in [3.8, 4) is 5.75 Å². The molecule has 0 spiro atoms. The lowest BCUT2D eigenvalue weighted by atomic mass is 10.1. The number of carbonyl (C=O) groups is 1. The monoisotopic (exact) mass is 378 g/mol. The quantitative estimate of drug-likeness (QED) is 0.722. The number of carbonyl (C=O) groups excluding carboxylic acids is 1. The maximum absolute atomic E-state index is 11.9. The fourth-order valence-electron chi connectivity index (χ4n) is 2.10. The van der Waals surface area contributed by atoms with Crippen LogP contribution in [0.4, 0.5) is 0 Å². The van der Waals surface area contributed by atoms with Gasteiger partial charge in [-0.2, -0.15) is 0 Å². The second-order valence-electron chi connectivity index (χ2n) is 4.95. The molecule has 1 amide bonds. The molecule has 5 nitrogen and oxygen atoms in total. The van der Waals surface area contributed by atoms with Crippen LogP contribution in [0, 0.1) is 5.92 Å². The highest BCUT2D eigenvalue weighted by atomic mass is 79.9. The Kier molecular flexibility index (Phi) is 7.45. The average molecular weight is 380 g/mol. The summed E-state index contributed by atoms with van der Waals surface area (Å²) in [5.41, 5.74) is 0. The van der Waals surface area contributed by atoms with Gasteiger partial charge in [0.25, 0.3) is 5.91 Å². The molecular weight excluding hydrogens is 360 g/mol. The van der Waals surface area contributed by atoms with Crippen molar-refractivity contribution in [3.05, 3.63) is 28.7 Å². The lowest BCUT2D eigenvalue weighted by molar-refractivity contribution is -0.127. The molecule has 0 aromatic heterocycles. The number of amides is 1. The number of ether oxygens (including phenoxy) is 1. The van der Waals surface area contributed by atoms with Gasteiger partial charge in [-0.15, -0.1) is 12.4 Å². The zero-order chi connectivity index (χ0) is 14.5. The molecule has 3 atom stereocenters. The van der Waals surface area contributed by atoms with Gasteiger partial charge in [0.05, 0.1) is 6.10 Å². The van der Waals surface area contributed by atoms with Crippen molar-refractivity contribution in [2.45, 2.75) is 19.1 Å². The fourth-order valence-corrected chi connectivity index (χ4v) is 2.48. The number of halogens is 2. The van der Waals surface area contributed by atoms with E-state index < -0.39 is 12.2 Å². The lowest BCUT2D eigenvalue weighted by Crippen LogP contribution is -2.41. The summed E-state index contributed by atoms with van der Waals surface area (Å²) < 4.78 is 6.48. The summed E-state index contributed by atoms with van der Waals surface area (Å²) in [6.45, 7) is 3.48. The molecule has 0 bridgehead atoms. The standard InChI is InChI=1S/C14H19BrN2O3.ClH/c1-9(20-12-4-2-3-11(15)5-12)14(19)17-7-10-6-16-8-13(10)18;/h2-5,9-10,13,16,18H,6-8H2,1H3,(H,17,19);1H. The molecule has 118 valence electrons. The first-order chi connectivity index (χ1) is 9.56. The first-order valence-electron chi connectivity index (χ1n) is 6.65. The minimum Gasteiger partial charge on any atom is -0.481 e. The SMILES string of the molecule is CC(Oc1cccc(Br)c1)C(=O)NCC1CNCC1O.Cl. The Morgan fingerprint density at radius 2 is 2.33 bits per heavy atom. The molecule has 1 aliphatic heterocycles. The van der Waals surface area contributed by atoms with Crippen LogP contribution in [0.15, 0.2) is 28.7 Å². The number of aliphatic hydroxyl groups is 1. The van der Waals surface area contributed by atoms with Gasteiger partial charge in [-0.3, -0.25) is 4.79 Å². The van der Waals surface area contributed by atoms with Gasteiger partial charge >= 0.3 is 0 Å². The van der Waals surface area contributed by atoms with Crippen LogP contribution < -0.4 is 15.4 Å². The summed E-state index contributed by atoms with van der Waals surface area (Å²) in [6, 6.07) is 7.37. The molecule has 3 N–H and O–H groups in total. The Morgan fingerprint density at radius 1 is 1.57 bits per heavy atom. The Balaban J connectivity index is 0.00000220. The molecule has 1 aromatic carbocycles. The maximum Gasteiger partial charge on any atom is 0.260 e. The number of aliphatic hydroxyl groups excluding tert-OH is 1. The van der Waals surface area contributed by atoms with Crippen molar-refractivity contribution in [1.29, 1.82) is 0 Å². The molecule has 0 radical (unpaired) electrons. The number of nitrogens with one attached hydrogen (secondary N) is 2. The molecule has 1 heterocycles. The Hall–Kier alpha value is -0.820. The predicted octanol–water partition coefficient (Wildman–Crippen LogP) is 1.33. The van der Waals surface area contributed by atoms with Gasteiger partial charge in [-0.05, 0) is 25.1 Å². The lowest BCUT2D eigenvalue weighted by Gasteiger charge is -2.18. The second kappa shape index (κ2) is 8.58. The highest BCUT2D eigenvalue weighted by Gasteiger charge is 2.26. The third kappa shape index (κ3) is 5.47. The van der Waals surface area contributed by atoms with E-state index in [4.69, 9.17) is 4.74 Å². The van der Waals surface area contributed by atoms with E-state index in [0.29, 0.717) is 18.8 Å². The van der Waals surface area contributed by atoms with Crippen molar-refractivity contribution >= 4 is 34.2 Å². The molecule has 3 unspecified atom stereocenters. The van der Waals surface area contributed by atoms with Crippen molar-refractivity contribution in [2.24, 2.45) is 5.92 Å². The third-order valence-corrected chi connectivity index (χ3v) is 3.81. The van der Waals surface area contributed by atoms with Crippen LogP contribution in [0.2, 0.25) is 0 Å². The van der Waals surface area contributed by atoms with Crippen LogP contribution in [0.3, 0.4) is 0 Å². The minimum absolute atomic E-state index is 0. The number of rotatable bonds is 5. The number of benzene rings is 1. The molecule has 2 rings (SSSR count). The highest BCUT2D eigenvalue weighted by molar-refractivity contribution is 9.10. The first kappa shape index (κ1) is 18.2. The molecule has 7 heteroatoms. The Bertz CT molecular complexity index is 475. The summed E-state index contributed by atoms with van der Waals surface area (Å²) in [4.78, 5) is 11.9. The van der Waals surface area contributed by atoms with E-state index in [2.05, 4.69) is 26.6 Å². The van der Waals surface area contributed by atoms with Crippen LogP contribution in [0.1, 0.15) is 6.92 Å². The zero-order valence-corrected chi connectivity index (χ0v) is 14.1. The van der Waals surface area contributed by atoms with Gasteiger partial charge in [0.1, 0.15) is 5.75 Å². The van der Waals surface area contributed by atoms with E-state index in [-0.39, 0.29) is 24.2 Å². The van der Waals surface area contributed by atoms with Gasteiger partial charge in [0.2, 0.25) is 0 Å². The van der Waals surface area contributed by atoms with Gasteiger partial charge in [0, 0.05) is 30.0 Å². The van der Waals surface area contributed by atoms with Gasteiger partial charge in [-0.25, -0.2) is 0 Å². The van der Waals surface area contributed by atoms with E-state index in [0.717, 1.165) is 11.0 Å². The Labute approximate surface area is 139 Å². The van der Waals surface area contributed by atoms with Gasteiger partial charge in [0.15, 0.2) is 6.10 Å². The molecule has 0 aliphatic carbocycles. The second-order valence-corrected chi connectivity index (χ2v) is 5.86. The van der Waals surface area contributed by atoms with Crippen molar-refractivity contribution in [2.75, 3.05) is 19.6 Å². The topological polar surface area (TPSA) is 70.6 Å². The molecule has 1 aliphatic rings. The fraction of sp³-hybridized carbons (Fsp3) is 0.500. The molecule has 1 saturated heterocycles. The van der Waals surface area contributed by atoms with Crippen molar-refractivity contribution in [3.63, 3.8) is 0 Å². The average Bonchev–Trinajstić information content (AvgIpc) is 2.81. The van der Waals surface area contributed by atoms with Crippen molar-refractivity contribution < 1.29 is 14.6 Å². The normalized spacial score (nSPS) is 22.2. The first-order valence-corrected chi connectivity index (χ1v) is 7.44. The summed E-state index contributed by atoms with van der Waals surface area (Å²) in [6.07, 6.45) is -0.965. The molecule has 0 saturated carbocycles. The number of hydrogen-bond acceptors (Lipinski definition) is 4. The van der Waals surface area contributed by atoms with E-state index in [1.165, 1.54) is 0 Å². The van der Waals surface area contributed by atoms with Gasteiger partial charge in [-0.1, -0.05) is 22.0 Å².